The van der Waals surface area contributed by atoms with Gasteiger partial charge in [-0.05, 0) is 22.8 Å². The molecule has 0 fully saturated rings. The van der Waals surface area contributed by atoms with Gasteiger partial charge < -0.3 is 0 Å². The average molecular weight is 254 g/mol. The number of ketones is 1. The van der Waals surface area contributed by atoms with Crippen molar-refractivity contribution in [3.05, 3.63) is 43.7 Å². The lowest BCUT2D eigenvalue weighted by atomic mass is 10.2. The Hall–Kier alpha value is -1.60. The Morgan fingerprint density at radius 3 is 2.94 bits per heavy atom. The van der Waals surface area contributed by atoms with Crippen LogP contribution in [0.3, 0.4) is 0 Å². The monoisotopic (exact) mass is 254 g/mol. The van der Waals surface area contributed by atoms with E-state index in [4.69, 9.17) is 0 Å². The van der Waals surface area contributed by atoms with Crippen LogP contribution >= 0.6 is 22.7 Å². The van der Waals surface area contributed by atoms with Gasteiger partial charge >= 0.3 is 5.00 Å². The van der Waals surface area contributed by atoms with E-state index in [1.807, 2.05) is 5.38 Å². The van der Waals surface area contributed by atoms with Crippen LogP contribution in [0.25, 0.3) is 0 Å². The molecule has 0 radical (unpaired) electrons. The molecule has 0 saturated heterocycles. The minimum atomic E-state index is -0.503. The molecule has 2 rings (SSSR count). The number of Topliss-reactive ketones (excluding diaryl/α,β-unsaturated/α-hetero) is 1. The van der Waals surface area contributed by atoms with Gasteiger partial charge in [-0.3, -0.25) is 14.9 Å². The first-order chi connectivity index (χ1) is 7.66. The summed E-state index contributed by atoms with van der Waals surface area (Å²) in [5, 5.41) is 12.7. The van der Waals surface area contributed by atoms with Crippen molar-refractivity contribution in [3.63, 3.8) is 0 Å². The minimum absolute atomic E-state index is 0.0334. The molecule has 0 aliphatic rings. The quantitative estimate of drug-likeness (QED) is 0.477. The van der Waals surface area contributed by atoms with E-state index in [0.717, 1.165) is 11.3 Å². The van der Waals surface area contributed by atoms with Crippen molar-refractivity contribution in [1.29, 1.82) is 0 Å². The first kappa shape index (κ1) is 10.9. The summed E-state index contributed by atoms with van der Waals surface area (Å²) in [6, 6.07) is 3.53. The van der Waals surface area contributed by atoms with Crippen LogP contribution in [0.4, 0.5) is 5.00 Å². The van der Waals surface area contributed by atoms with Crippen LogP contribution in [-0.2, 0) is 6.42 Å². The molecule has 0 saturated carbocycles. The summed E-state index contributed by atoms with van der Waals surface area (Å²) in [5.74, 6) is -0.0563. The van der Waals surface area contributed by atoms with Gasteiger partial charge in [0.1, 0.15) is 11.2 Å². The Morgan fingerprint density at radius 2 is 2.38 bits per heavy atom. The Labute approximate surface area is 98.5 Å². The maximum Gasteiger partial charge on any atom is 0.343 e. The largest absolute Gasteiger partial charge is 0.343 e. The predicted octanol–water partition coefficient (Wildman–Crippen LogP) is 2.54. The maximum atomic E-state index is 11.7. The molecular formula is C9H6N2O3S2. The van der Waals surface area contributed by atoms with Crippen LogP contribution < -0.4 is 0 Å². The first-order valence-corrected chi connectivity index (χ1v) is 6.02. The van der Waals surface area contributed by atoms with Crippen LogP contribution in [0, 0.1) is 10.1 Å². The highest BCUT2D eigenvalue weighted by Gasteiger charge is 2.15. The maximum absolute atomic E-state index is 11.7. The number of carbonyl (C=O) groups is 1. The molecule has 0 aliphatic heterocycles. The molecule has 0 bridgehead atoms. The number of thiophene rings is 1. The third kappa shape index (κ3) is 2.31. The summed E-state index contributed by atoms with van der Waals surface area (Å²) in [6.07, 6.45) is 1.31. The number of thiazole rings is 1. The second-order valence-electron chi connectivity index (χ2n) is 2.93. The summed E-state index contributed by atoms with van der Waals surface area (Å²) in [5.41, 5.74) is 0. The van der Waals surface area contributed by atoms with Gasteiger partial charge in [-0.2, -0.15) is 0 Å². The molecule has 2 heterocycles. The zero-order valence-corrected chi connectivity index (χ0v) is 9.59. The number of hydrogen-bond donors (Lipinski definition) is 0. The van der Waals surface area contributed by atoms with Crippen molar-refractivity contribution in [2.24, 2.45) is 0 Å². The van der Waals surface area contributed by atoms with Crippen LogP contribution in [0.1, 0.15) is 14.7 Å². The second kappa shape index (κ2) is 4.50. The molecule has 16 heavy (non-hydrogen) atoms. The molecule has 0 spiro atoms. The molecule has 2 aromatic rings. The lowest BCUT2D eigenvalue weighted by molar-refractivity contribution is -0.380. The fourth-order valence-corrected chi connectivity index (χ4v) is 2.52. The summed E-state index contributed by atoms with van der Waals surface area (Å²) in [6.45, 7) is 0. The molecule has 0 aromatic carbocycles. The van der Waals surface area contributed by atoms with E-state index >= 15 is 0 Å². The Bertz CT molecular complexity index is 519. The third-order valence-corrected chi connectivity index (χ3v) is 3.69. The zero-order valence-electron chi connectivity index (χ0n) is 7.95. The summed E-state index contributed by atoms with van der Waals surface area (Å²) in [4.78, 5) is 26.1. The van der Waals surface area contributed by atoms with Crippen molar-refractivity contribution in [2.45, 2.75) is 6.42 Å². The lowest BCUT2D eigenvalue weighted by Crippen LogP contribution is -2.00. The second-order valence-corrected chi connectivity index (χ2v) is 4.97. The fourth-order valence-electron chi connectivity index (χ4n) is 1.13. The predicted molar refractivity (Wildman–Crippen MR) is 61.1 cm³/mol. The van der Waals surface area contributed by atoms with Gasteiger partial charge in [0.05, 0.1) is 16.2 Å². The van der Waals surface area contributed by atoms with Crippen LogP contribution in [0.2, 0.25) is 0 Å². The van der Waals surface area contributed by atoms with Crippen LogP contribution in [-0.4, -0.2) is 15.7 Å². The molecule has 0 atom stereocenters. The Balaban J connectivity index is 2.09. The highest BCUT2D eigenvalue weighted by atomic mass is 32.1. The normalized spacial score (nSPS) is 10.2. The molecule has 7 heteroatoms. The number of nitro groups is 1. The zero-order chi connectivity index (χ0) is 11.5. The number of hydrogen-bond acceptors (Lipinski definition) is 6. The van der Waals surface area contributed by atoms with Gasteiger partial charge in [-0.25, -0.2) is 4.98 Å². The highest BCUT2D eigenvalue weighted by molar-refractivity contribution is 7.15. The molecule has 0 N–H and O–H groups in total. The van der Waals surface area contributed by atoms with Gasteiger partial charge in [0.25, 0.3) is 0 Å². The first-order valence-electron chi connectivity index (χ1n) is 4.32. The van der Waals surface area contributed by atoms with Gasteiger partial charge in [0.15, 0.2) is 5.78 Å². The van der Waals surface area contributed by atoms with Crippen molar-refractivity contribution < 1.29 is 9.72 Å². The van der Waals surface area contributed by atoms with Gasteiger partial charge in [-0.15, -0.1) is 11.3 Å². The molecule has 2 aromatic heterocycles. The van der Waals surface area contributed by atoms with Crippen LogP contribution in [0.5, 0.6) is 0 Å². The SMILES string of the molecule is O=C(Cc1ncc([N+](=O)[O-])s1)c1cccs1. The van der Waals surface area contributed by atoms with E-state index in [-0.39, 0.29) is 17.2 Å². The van der Waals surface area contributed by atoms with E-state index < -0.39 is 4.92 Å². The Kier molecular flexibility index (Phi) is 3.07. The number of rotatable bonds is 4. The third-order valence-electron chi connectivity index (χ3n) is 1.83. The number of aromatic nitrogens is 1. The molecular weight excluding hydrogens is 248 g/mol. The molecule has 0 unspecified atom stereocenters. The average Bonchev–Trinajstić information content (AvgIpc) is 2.87. The van der Waals surface area contributed by atoms with Gasteiger partial charge in [0, 0.05) is 0 Å². The minimum Gasteiger partial charge on any atom is -0.293 e. The summed E-state index contributed by atoms with van der Waals surface area (Å²) < 4.78 is 0. The number of carbonyl (C=O) groups excluding carboxylic acids is 1. The number of nitrogens with zero attached hydrogens (tertiary/aromatic N) is 2. The van der Waals surface area contributed by atoms with Gasteiger partial charge in [-0.1, -0.05) is 6.07 Å². The van der Waals surface area contributed by atoms with E-state index in [9.17, 15) is 14.9 Å². The van der Waals surface area contributed by atoms with Crippen molar-refractivity contribution in [2.75, 3.05) is 0 Å². The van der Waals surface area contributed by atoms with Crippen molar-refractivity contribution in [3.8, 4) is 0 Å². The van der Waals surface area contributed by atoms with Gasteiger partial charge in [0.2, 0.25) is 0 Å². The molecule has 0 aliphatic carbocycles. The smallest absolute Gasteiger partial charge is 0.293 e. The van der Waals surface area contributed by atoms with Crippen molar-refractivity contribution >= 4 is 33.5 Å². The fraction of sp³-hybridized carbons (Fsp3) is 0.111. The summed E-state index contributed by atoms with van der Waals surface area (Å²) in [7, 11) is 0. The van der Waals surface area contributed by atoms with E-state index in [0.29, 0.717) is 9.88 Å². The highest BCUT2D eigenvalue weighted by Crippen LogP contribution is 2.22. The van der Waals surface area contributed by atoms with Crippen LogP contribution in [0.15, 0.2) is 23.7 Å². The van der Waals surface area contributed by atoms with Crippen molar-refractivity contribution in [1.82, 2.24) is 4.98 Å². The summed E-state index contributed by atoms with van der Waals surface area (Å²) >= 11 is 2.30. The molecule has 82 valence electrons. The topological polar surface area (TPSA) is 73.1 Å². The van der Waals surface area contributed by atoms with E-state index in [2.05, 4.69) is 4.98 Å². The standard InChI is InChI=1S/C9H6N2O3S2/c12-6(7-2-1-3-15-7)4-8-10-5-9(16-8)11(13)14/h1-3,5H,4H2. The lowest BCUT2D eigenvalue weighted by Gasteiger charge is -1.92. The molecule has 0 amide bonds. The molecule has 5 nitrogen and oxygen atoms in total. The van der Waals surface area contributed by atoms with E-state index in [1.54, 1.807) is 12.1 Å². The Morgan fingerprint density at radius 1 is 1.56 bits per heavy atom. The van der Waals surface area contributed by atoms with E-state index in [1.165, 1.54) is 17.5 Å².